The molecule has 2 amide bonds. The molecule has 4 rings (SSSR count). The van der Waals surface area contributed by atoms with E-state index in [2.05, 4.69) is 22.4 Å². The Morgan fingerprint density at radius 3 is 2.68 bits per heavy atom. The Balaban J connectivity index is 1.43. The molecule has 1 atom stereocenters. The molecule has 0 saturated carbocycles. The molecule has 3 aromatic rings. The number of amides is 2. The number of nitrogens with zero attached hydrogens (tertiary/aromatic N) is 2. The van der Waals surface area contributed by atoms with Crippen LogP contribution in [-0.2, 0) is 0 Å². The highest BCUT2D eigenvalue weighted by Gasteiger charge is 2.30. The van der Waals surface area contributed by atoms with E-state index in [9.17, 15) is 4.79 Å². The van der Waals surface area contributed by atoms with E-state index in [1.165, 1.54) is 0 Å². The quantitative estimate of drug-likeness (QED) is 0.616. The molecule has 144 valence electrons. The predicted octanol–water partition coefficient (Wildman–Crippen LogP) is 5.58. The molecular weight excluding hydrogens is 370 g/mol. The van der Waals surface area contributed by atoms with Crippen molar-refractivity contribution in [2.45, 2.75) is 25.8 Å². The van der Waals surface area contributed by atoms with E-state index in [0.29, 0.717) is 6.61 Å². The van der Waals surface area contributed by atoms with E-state index in [1.807, 2.05) is 53.6 Å². The number of hydrogen-bond donors (Lipinski definition) is 1. The highest BCUT2D eigenvalue weighted by atomic mass is 32.1. The molecule has 2 heterocycles. The van der Waals surface area contributed by atoms with Gasteiger partial charge in [0.1, 0.15) is 10.8 Å². The van der Waals surface area contributed by atoms with Gasteiger partial charge in [-0.25, -0.2) is 9.78 Å². The second-order valence-electron chi connectivity index (χ2n) is 6.70. The van der Waals surface area contributed by atoms with Gasteiger partial charge in [0.25, 0.3) is 0 Å². The molecule has 1 saturated heterocycles. The summed E-state index contributed by atoms with van der Waals surface area (Å²) in [4.78, 5) is 19.1. The van der Waals surface area contributed by atoms with Gasteiger partial charge >= 0.3 is 6.03 Å². The highest BCUT2D eigenvalue weighted by molar-refractivity contribution is 7.13. The van der Waals surface area contributed by atoms with Gasteiger partial charge in [0.15, 0.2) is 0 Å². The first-order chi connectivity index (χ1) is 13.7. The van der Waals surface area contributed by atoms with Crippen molar-refractivity contribution in [1.82, 2.24) is 9.88 Å². The fourth-order valence-corrected chi connectivity index (χ4v) is 4.21. The molecule has 1 aliphatic rings. The number of ether oxygens (including phenoxy) is 1. The summed E-state index contributed by atoms with van der Waals surface area (Å²) >= 11 is 1.60. The van der Waals surface area contributed by atoms with Gasteiger partial charge in [-0.15, -0.1) is 11.3 Å². The van der Waals surface area contributed by atoms with Gasteiger partial charge in [0.2, 0.25) is 0 Å². The van der Waals surface area contributed by atoms with Crippen LogP contribution in [-0.4, -0.2) is 29.1 Å². The van der Waals surface area contributed by atoms with Crippen LogP contribution in [0.1, 0.15) is 31.4 Å². The van der Waals surface area contributed by atoms with Crippen LogP contribution in [0.15, 0.2) is 60.1 Å². The fraction of sp³-hybridized carbons (Fsp3) is 0.273. The number of urea groups is 1. The van der Waals surface area contributed by atoms with Crippen molar-refractivity contribution in [3.63, 3.8) is 0 Å². The normalized spacial score (nSPS) is 16.2. The third-order valence-corrected chi connectivity index (χ3v) is 5.73. The van der Waals surface area contributed by atoms with Gasteiger partial charge in [-0.2, -0.15) is 0 Å². The third kappa shape index (κ3) is 4.02. The number of thiazole rings is 1. The maximum absolute atomic E-state index is 12.9. The number of carbonyl (C=O) groups excluding carboxylic acids is 1. The molecule has 28 heavy (non-hydrogen) atoms. The number of carbonyl (C=O) groups is 1. The van der Waals surface area contributed by atoms with E-state index in [-0.39, 0.29) is 12.1 Å². The van der Waals surface area contributed by atoms with Crippen LogP contribution in [0, 0.1) is 0 Å². The Kier molecular flexibility index (Phi) is 5.58. The Hall–Kier alpha value is -2.86. The lowest BCUT2D eigenvalue weighted by atomic mass is 10.0. The van der Waals surface area contributed by atoms with Gasteiger partial charge in [0.05, 0.1) is 12.6 Å². The number of rotatable bonds is 5. The van der Waals surface area contributed by atoms with Gasteiger partial charge in [-0.3, -0.25) is 0 Å². The molecular formula is C22H23N3O2S. The molecule has 0 aliphatic carbocycles. The monoisotopic (exact) mass is 393 g/mol. The van der Waals surface area contributed by atoms with Crippen LogP contribution in [0.3, 0.4) is 0 Å². The molecule has 0 spiro atoms. The van der Waals surface area contributed by atoms with Crippen LogP contribution >= 0.6 is 11.3 Å². The molecule has 1 N–H and O–H groups in total. The summed E-state index contributed by atoms with van der Waals surface area (Å²) in [7, 11) is 0. The molecule has 1 fully saturated rings. The first-order valence-electron chi connectivity index (χ1n) is 9.55. The summed E-state index contributed by atoms with van der Waals surface area (Å²) in [6, 6.07) is 15.9. The second kappa shape index (κ2) is 8.44. The van der Waals surface area contributed by atoms with E-state index in [4.69, 9.17) is 4.74 Å². The summed E-state index contributed by atoms with van der Waals surface area (Å²) in [6.07, 6.45) is 3.78. The van der Waals surface area contributed by atoms with Crippen LogP contribution in [0.25, 0.3) is 10.6 Å². The van der Waals surface area contributed by atoms with E-state index < -0.39 is 0 Å². The maximum Gasteiger partial charge on any atom is 0.322 e. The first-order valence-corrected chi connectivity index (χ1v) is 10.4. The highest BCUT2D eigenvalue weighted by Crippen LogP contribution is 2.33. The summed E-state index contributed by atoms with van der Waals surface area (Å²) in [5, 5.41) is 5.97. The van der Waals surface area contributed by atoms with Gasteiger partial charge < -0.3 is 15.0 Å². The van der Waals surface area contributed by atoms with Crippen LogP contribution in [0.5, 0.6) is 5.75 Å². The molecule has 6 heteroatoms. The van der Waals surface area contributed by atoms with Gasteiger partial charge in [-0.1, -0.05) is 12.1 Å². The lowest BCUT2D eigenvalue weighted by molar-refractivity contribution is 0.207. The van der Waals surface area contributed by atoms with Gasteiger partial charge in [-0.05, 0) is 61.7 Å². The Morgan fingerprint density at radius 2 is 2.00 bits per heavy atom. The zero-order valence-electron chi connectivity index (χ0n) is 15.8. The topological polar surface area (TPSA) is 54.5 Å². The minimum atomic E-state index is -0.0571. The van der Waals surface area contributed by atoms with Crippen LogP contribution in [0.2, 0.25) is 0 Å². The smallest absolute Gasteiger partial charge is 0.322 e. The Labute approximate surface area is 169 Å². The fourth-order valence-electron chi connectivity index (χ4n) is 3.57. The minimum absolute atomic E-state index is 0.0571. The number of anilines is 1. The van der Waals surface area contributed by atoms with E-state index in [0.717, 1.165) is 47.0 Å². The Bertz CT molecular complexity index is 908. The second-order valence-corrected chi connectivity index (χ2v) is 7.59. The zero-order chi connectivity index (χ0) is 19.3. The van der Waals surface area contributed by atoms with E-state index in [1.54, 1.807) is 17.5 Å². The largest absolute Gasteiger partial charge is 0.494 e. The van der Waals surface area contributed by atoms with Crippen molar-refractivity contribution in [2.75, 3.05) is 18.5 Å². The SMILES string of the molecule is CCOc1ccc(C2CCCN2C(=O)Nc2ccc(-c3nccs3)cc2)cc1. The van der Waals surface area contributed by atoms with Gasteiger partial charge in [0, 0.05) is 29.4 Å². The van der Waals surface area contributed by atoms with Crippen LogP contribution in [0.4, 0.5) is 10.5 Å². The average Bonchev–Trinajstić information content (AvgIpc) is 3.42. The third-order valence-electron chi connectivity index (χ3n) is 4.90. The maximum atomic E-state index is 12.9. The predicted molar refractivity (Wildman–Crippen MR) is 113 cm³/mol. The minimum Gasteiger partial charge on any atom is -0.494 e. The van der Waals surface area contributed by atoms with Crippen molar-refractivity contribution in [1.29, 1.82) is 0 Å². The van der Waals surface area contributed by atoms with Crippen molar-refractivity contribution in [3.05, 3.63) is 65.7 Å². The van der Waals surface area contributed by atoms with Crippen molar-refractivity contribution in [2.24, 2.45) is 0 Å². The summed E-state index contributed by atoms with van der Waals surface area (Å²) in [5.41, 5.74) is 3.00. The average molecular weight is 394 g/mol. The zero-order valence-corrected chi connectivity index (χ0v) is 16.6. The molecule has 0 bridgehead atoms. The van der Waals surface area contributed by atoms with Crippen molar-refractivity contribution < 1.29 is 9.53 Å². The standard InChI is InChI=1S/C22H23N3O2S/c1-2-27-19-11-7-16(8-12-19)20-4-3-14-25(20)22(26)24-18-9-5-17(6-10-18)21-23-13-15-28-21/h5-13,15,20H,2-4,14H2,1H3,(H,24,26). The molecule has 1 aromatic heterocycles. The molecule has 1 unspecified atom stereocenters. The number of hydrogen-bond acceptors (Lipinski definition) is 4. The molecule has 1 aliphatic heterocycles. The first kappa shape index (κ1) is 18.5. The number of likely N-dealkylation sites (tertiary alicyclic amines) is 1. The summed E-state index contributed by atoms with van der Waals surface area (Å²) in [6.45, 7) is 3.39. The van der Waals surface area contributed by atoms with Crippen molar-refractivity contribution in [3.8, 4) is 16.3 Å². The molecule has 2 aromatic carbocycles. The van der Waals surface area contributed by atoms with Crippen molar-refractivity contribution >= 4 is 23.1 Å². The van der Waals surface area contributed by atoms with E-state index >= 15 is 0 Å². The molecule has 0 radical (unpaired) electrons. The summed E-state index contributed by atoms with van der Waals surface area (Å²) < 4.78 is 5.52. The lowest BCUT2D eigenvalue weighted by Gasteiger charge is -2.25. The summed E-state index contributed by atoms with van der Waals surface area (Å²) in [5.74, 6) is 0.862. The van der Waals surface area contributed by atoms with Crippen LogP contribution < -0.4 is 10.1 Å². The number of benzene rings is 2. The molecule has 5 nitrogen and oxygen atoms in total. The number of nitrogens with one attached hydrogen (secondary N) is 1. The lowest BCUT2D eigenvalue weighted by Crippen LogP contribution is -2.34. The Morgan fingerprint density at radius 1 is 1.21 bits per heavy atom. The number of aromatic nitrogens is 1.